The summed E-state index contributed by atoms with van der Waals surface area (Å²) < 4.78 is 5.88. The van der Waals surface area contributed by atoms with Gasteiger partial charge in [-0.15, -0.1) is 0 Å². The quantitative estimate of drug-likeness (QED) is 0.841. The van der Waals surface area contributed by atoms with Crippen molar-refractivity contribution >= 4 is 5.82 Å². The van der Waals surface area contributed by atoms with Gasteiger partial charge in [0.1, 0.15) is 18.2 Å². The summed E-state index contributed by atoms with van der Waals surface area (Å²) in [6.45, 7) is 7.53. The second-order valence-corrected chi connectivity index (χ2v) is 4.99. The lowest BCUT2D eigenvalue weighted by atomic mass is 10.1. The van der Waals surface area contributed by atoms with Crippen LogP contribution in [-0.2, 0) is 13.0 Å². The molecule has 1 aromatic carbocycles. The summed E-state index contributed by atoms with van der Waals surface area (Å²) in [6, 6.07) is 10.0. The van der Waals surface area contributed by atoms with Crippen LogP contribution in [0.15, 0.2) is 30.3 Å². The van der Waals surface area contributed by atoms with Crippen molar-refractivity contribution < 1.29 is 4.74 Å². The second-order valence-electron chi connectivity index (χ2n) is 4.99. The minimum Gasteiger partial charge on any atom is -0.485 e. The minimum atomic E-state index is 0.388. The molecular weight excluding hydrogens is 262 g/mol. The molecule has 0 saturated heterocycles. The molecule has 0 spiro atoms. The second kappa shape index (κ2) is 7.62. The summed E-state index contributed by atoms with van der Waals surface area (Å²) in [7, 11) is 0. The lowest BCUT2D eigenvalue weighted by Gasteiger charge is -2.11. The Kier molecular flexibility index (Phi) is 5.55. The average Bonchev–Trinajstić information content (AvgIpc) is 2.50. The number of ether oxygens (including phenoxy) is 1. The van der Waals surface area contributed by atoms with Crippen molar-refractivity contribution in [3.63, 3.8) is 0 Å². The maximum Gasteiger partial charge on any atom is 0.168 e. The highest BCUT2D eigenvalue weighted by Crippen LogP contribution is 2.19. The van der Waals surface area contributed by atoms with Crippen molar-refractivity contribution in [1.82, 2.24) is 9.97 Å². The normalized spacial score (nSPS) is 10.4. The number of para-hydroxylation sites is 1. The summed E-state index contributed by atoms with van der Waals surface area (Å²) in [4.78, 5) is 8.93. The van der Waals surface area contributed by atoms with E-state index in [0.29, 0.717) is 12.4 Å². The smallest absolute Gasteiger partial charge is 0.168 e. The van der Waals surface area contributed by atoms with Crippen LogP contribution in [0.1, 0.15) is 37.4 Å². The zero-order valence-corrected chi connectivity index (χ0v) is 13.0. The van der Waals surface area contributed by atoms with Crippen LogP contribution in [0.25, 0.3) is 0 Å². The Morgan fingerprint density at radius 2 is 1.95 bits per heavy atom. The third kappa shape index (κ3) is 4.45. The van der Waals surface area contributed by atoms with Crippen molar-refractivity contribution in [3.05, 3.63) is 47.4 Å². The molecule has 112 valence electrons. The molecule has 0 aliphatic carbocycles. The molecule has 4 nitrogen and oxygen atoms in total. The summed E-state index contributed by atoms with van der Waals surface area (Å²) in [6.07, 6.45) is 2.02. The van der Waals surface area contributed by atoms with E-state index in [0.717, 1.165) is 36.6 Å². The maximum atomic E-state index is 5.88. The van der Waals surface area contributed by atoms with Crippen molar-refractivity contribution in [2.75, 3.05) is 11.9 Å². The molecule has 0 amide bonds. The largest absolute Gasteiger partial charge is 0.485 e. The Hall–Kier alpha value is -2.10. The van der Waals surface area contributed by atoms with E-state index in [9.17, 15) is 0 Å². The summed E-state index contributed by atoms with van der Waals surface area (Å²) >= 11 is 0. The highest BCUT2D eigenvalue weighted by molar-refractivity contribution is 5.36. The summed E-state index contributed by atoms with van der Waals surface area (Å²) in [5, 5.41) is 3.29. The SMILES string of the molecule is CCCNc1cc(C)nc(COc2ccccc2CC)n1. The van der Waals surface area contributed by atoms with Crippen LogP contribution >= 0.6 is 0 Å². The molecule has 0 unspecified atom stereocenters. The Labute approximate surface area is 126 Å². The van der Waals surface area contributed by atoms with Crippen LogP contribution in [0, 0.1) is 6.92 Å². The molecule has 0 radical (unpaired) electrons. The highest BCUT2D eigenvalue weighted by atomic mass is 16.5. The molecular formula is C17H23N3O. The number of nitrogens with zero attached hydrogens (tertiary/aromatic N) is 2. The highest BCUT2D eigenvalue weighted by Gasteiger charge is 2.05. The summed E-state index contributed by atoms with van der Waals surface area (Å²) in [5.41, 5.74) is 2.15. The average molecular weight is 285 g/mol. The molecule has 0 atom stereocenters. The van der Waals surface area contributed by atoms with Crippen LogP contribution in [0.3, 0.4) is 0 Å². The maximum absolute atomic E-state index is 5.88. The van der Waals surface area contributed by atoms with Gasteiger partial charge in [-0.2, -0.15) is 0 Å². The van der Waals surface area contributed by atoms with Gasteiger partial charge >= 0.3 is 0 Å². The van der Waals surface area contributed by atoms with E-state index < -0.39 is 0 Å². The fraction of sp³-hybridized carbons (Fsp3) is 0.412. The first kappa shape index (κ1) is 15.3. The molecule has 0 saturated carbocycles. The van der Waals surface area contributed by atoms with Gasteiger partial charge in [-0.1, -0.05) is 32.0 Å². The van der Waals surface area contributed by atoms with Crippen molar-refractivity contribution in [3.8, 4) is 5.75 Å². The topological polar surface area (TPSA) is 47.0 Å². The van der Waals surface area contributed by atoms with E-state index in [4.69, 9.17) is 4.74 Å². The molecule has 0 bridgehead atoms. The van der Waals surface area contributed by atoms with Gasteiger partial charge in [0.25, 0.3) is 0 Å². The third-order valence-electron chi connectivity index (χ3n) is 3.17. The number of aromatic nitrogens is 2. The van der Waals surface area contributed by atoms with Crippen LogP contribution in [-0.4, -0.2) is 16.5 Å². The van der Waals surface area contributed by atoms with Gasteiger partial charge in [-0.3, -0.25) is 0 Å². The molecule has 2 rings (SSSR count). The lowest BCUT2D eigenvalue weighted by Crippen LogP contribution is -2.08. The van der Waals surface area contributed by atoms with Gasteiger partial charge < -0.3 is 10.1 Å². The lowest BCUT2D eigenvalue weighted by molar-refractivity contribution is 0.293. The van der Waals surface area contributed by atoms with E-state index in [1.807, 2.05) is 31.2 Å². The van der Waals surface area contributed by atoms with Gasteiger partial charge in [0.2, 0.25) is 0 Å². The van der Waals surface area contributed by atoms with Gasteiger partial charge in [-0.25, -0.2) is 9.97 Å². The number of nitrogens with one attached hydrogen (secondary N) is 1. The predicted molar refractivity (Wildman–Crippen MR) is 85.7 cm³/mol. The molecule has 4 heteroatoms. The number of benzene rings is 1. The number of hydrogen-bond acceptors (Lipinski definition) is 4. The van der Waals surface area contributed by atoms with E-state index in [1.165, 1.54) is 5.56 Å². The third-order valence-corrected chi connectivity index (χ3v) is 3.17. The predicted octanol–water partition coefficient (Wildman–Crippen LogP) is 3.75. The van der Waals surface area contributed by atoms with Gasteiger partial charge in [-0.05, 0) is 31.4 Å². The number of hydrogen-bond donors (Lipinski definition) is 1. The Morgan fingerprint density at radius 1 is 1.14 bits per heavy atom. The Bertz CT molecular complexity index is 584. The Balaban J connectivity index is 2.07. The van der Waals surface area contributed by atoms with E-state index in [1.54, 1.807) is 0 Å². The number of rotatable bonds is 7. The monoisotopic (exact) mass is 285 g/mol. The zero-order chi connectivity index (χ0) is 15.1. The molecule has 21 heavy (non-hydrogen) atoms. The van der Waals surface area contributed by atoms with Crippen LogP contribution in [0.5, 0.6) is 5.75 Å². The Morgan fingerprint density at radius 3 is 2.71 bits per heavy atom. The molecule has 2 aromatic rings. The summed E-state index contributed by atoms with van der Waals surface area (Å²) in [5.74, 6) is 2.49. The van der Waals surface area contributed by atoms with Gasteiger partial charge in [0.05, 0.1) is 0 Å². The first-order valence-electron chi connectivity index (χ1n) is 7.52. The molecule has 0 aliphatic heterocycles. The minimum absolute atomic E-state index is 0.388. The number of anilines is 1. The van der Waals surface area contributed by atoms with Crippen molar-refractivity contribution in [1.29, 1.82) is 0 Å². The van der Waals surface area contributed by atoms with E-state index >= 15 is 0 Å². The molecule has 0 aliphatic rings. The van der Waals surface area contributed by atoms with E-state index in [2.05, 4.69) is 35.2 Å². The molecule has 1 aromatic heterocycles. The molecule has 0 fully saturated rings. The van der Waals surface area contributed by atoms with Gasteiger partial charge in [0, 0.05) is 18.3 Å². The fourth-order valence-electron chi connectivity index (χ4n) is 2.12. The zero-order valence-electron chi connectivity index (χ0n) is 13.0. The van der Waals surface area contributed by atoms with Crippen LogP contribution < -0.4 is 10.1 Å². The standard InChI is InChI=1S/C17H23N3O/c1-4-10-18-16-11-13(3)19-17(20-16)12-21-15-9-7-6-8-14(15)5-2/h6-9,11H,4-5,10,12H2,1-3H3,(H,18,19,20). The first-order valence-corrected chi connectivity index (χ1v) is 7.52. The van der Waals surface area contributed by atoms with Crippen LogP contribution in [0.2, 0.25) is 0 Å². The molecule has 1 heterocycles. The van der Waals surface area contributed by atoms with Crippen LogP contribution in [0.4, 0.5) is 5.82 Å². The van der Waals surface area contributed by atoms with E-state index in [-0.39, 0.29) is 0 Å². The van der Waals surface area contributed by atoms with Crippen molar-refractivity contribution in [2.24, 2.45) is 0 Å². The molecule has 1 N–H and O–H groups in total. The fourth-order valence-corrected chi connectivity index (χ4v) is 2.12. The number of aryl methyl sites for hydroxylation is 2. The van der Waals surface area contributed by atoms with Gasteiger partial charge in [0.15, 0.2) is 5.82 Å². The first-order chi connectivity index (χ1) is 10.2. The van der Waals surface area contributed by atoms with Crippen molar-refractivity contribution in [2.45, 2.75) is 40.2 Å².